The average Bonchev–Trinajstić information content (AvgIpc) is 3.34. The minimum absolute atomic E-state index is 0.0437. The fourth-order valence-electron chi connectivity index (χ4n) is 3.75. The number of aryl methyl sites for hydroxylation is 1. The molecule has 4 rings (SSSR count). The van der Waals surface area contributed by atoms with Crippen molar-refractivity contribution in [2.24, 2.45) is 0 Å². The van der Waals surface area contributed by atoms with E-state index in [-0.39, 0.29) is 28.9 Å². The largest absolute Gasteiger partial charge is 0.507 e. The van der Waals surface area contributed by atoms with E-state index in [0.29, 0.717) is 22.6 Å². The number of ketones is 1. The van der Waals surface area contributed by atoms with Crippen molar-refractivity contribution in [2.75, 3.05) is 4.90 Å². The normalized spacial score (nSPS) is 17.4. The Morgan fingerprint density at radius 1 is 1.15 bits per heavy atom. The van der Waals surface area contributed by atoms with Crippen LogP contribution in [0.25, 0.3) is 5.76 Å². The highest BCUT2D eigenvalue weighted by Gasteiger charge is 2.48. The number of benzene rings is 2. The van der Waals surface area contributed by atoms with E-state index in [1.54, 1.807) is 31.2 Å². The number of aliphatic hydroxyl groups excluding tert-OH is 1. The van der Waals surface area contributed by atoms with Gasteiger partial charge in [0.05, 0.1) is 22.6 Å². The molecule has 1 aliphatic heterocycles. The number of anilines is 1. The van der Waals surface area contributed by atoms with Gasteiger partial charge in [-0.15, -0.1) is 0 Å². The number of rotatable bonds is 6. The summed E-state index contributed by atoms with van der Waals surface area (Å²) >= 11 is 0. The first-order valence-electron chi connectivity index (χ1n) is 10.4. The van der Waals surface area contributed by atoms with E-state index in [9.17, 15) is 24.8 Å². The van der Waals surface area contributed by atoms with Gasteiger partial charge in [-0.05, 0) is 62.7 Å². The topological polar surface area (TPSA) is 136 Å². The molecule has 3 aromatic rings. The number of ether oxygens (including phenoxy) is 1. The number of hydrogen-bond donors (Lipinski definition) is 1. The molecule has 0 bridgehead atoms. The van der Waals surface area contributed by atoms with Crippen molar-refractivity contribution in [3.05, 3.63) is 87.2 Å². The van der Waals surface area contributed by atoms with Crippen LogP contribution in [0.15, 0.2) is 64.7 Å². The van der Waals surface area contributed by atoms with Gasteiger partial charge in [-0.3, -0.25) is 24.6 Å². The Balaban J connectivity index is 1.85. The average molecular weight is 463 g/mol. The van der Waals surface area contributed by atoms with Gasteiger partial charge in [0.2, 0.25) is 0 Å². The van der Waals surface area contributed by atoms with Crippen LogP contribution in [0.4, 0.5) is 11.5 Å². The maximum absolute atomic E-state index is 13.1. The number of hydrogen-bond acceptors (Lipinski definition) is 8. The van der Waals surface area contributed by atoms with Crippen LogP contribution in [0, 0.1) is 17.0 Å². The number of aliphatic hydroxyl groups is 1. The Kier molecular flexibility index (Phi) is 5.89. The molecule has 1 fully saturated rings. The molecular weight excluding hydrogens is 442 g/mol. The van der Waals surface area contributed by atoms with Gasteiger partial charge < -0.3 is 14.4 Å². The van der Waals surface area contributed by atoms with Crippen LogP contribution in [0.5, 0.6) is 5.75 Å². The first kappa shape index (κ1) is 22.7. The molecule has 0 spiro atoms. The van der Waals surface area contributed by atoms with Crippen LogP contribution >= 0.6 is 0 Å². The summed E-state index contributed by atoms with van der Waals surface area (Å²) in [7, 11) is 0. The molecule has 1 amide bonds. The molecule has 1 aliphatic rings. The third kappa shape index (κ3) is 4.13. The third-order valence-corrected chi connectivity index (χ3v) is 5.23. The fourth-order valence-corrected chi connectivity index (χ4v) is 3.75. The summed E-state index contributed by atoms with van der Waals surface area (Å²) in [6.07, 6.45) is -0.0437. The van der Waals surface area contributed by atoms with Gasteiger partial charge >= 0.3 is 5.91 Å². The van der Waals surface area contributed by atoms with Gasteiger partial charge in [0.1, 0.15) is 17.3 Å². The Morgan fingerprint density at radius 2 is 1.79 bits per heavy atom. The molecule has 1 saturated heterocycles. The van der Waals surface area contributed by atoms with Gasteiger partial charge in [-0.25, -0.2) is 0 Å². The molecule has 0 saturated carbocycles. The van der Waals surface area contributed by atoms with Crippen molar-refractivity contribution >= 4 is 29.0 Å². The predicted octanol–water partition coefficient (Wildman–Crippen LogP) is 4.30. The fraction of sp³-hybridized carbons (Fsp3) is 0.208. The lowest BCUT2D eigenvalue weighted by atomic mass is 9.95. The molecule has 10 nitrogen and oxygen atoms in total. The standard InChI is InChI=1S/C24H21N3O7/c1-13(2)33-18-10-6-16(7-11-18)22(28)20-21(15-4-8-17(9-5-15)27(31)32)26(24(30)23(20)29)19-12-14(3)34-25-19/h4-13,21,28H,1-3H3/t21-/m1/s1. The molecule has 0 aliphatic carbocycles. The Bertz CT molecular complexity index is 1290. The molecule has 0 radical (unpaired) electrons. The first-order valence-corrected chi connectivity index (χ1v) is 10.4. The molecule has 2 aromatic carbocycles. The maximum atomic E-state index is 13.1. The number of carbonyl (C=O) groups is 2. The predicted molar refractivity (Wildman–Crippen MR) is 121 cm³/mol. The van der Waals surface area contributed by atoms with E-state index in [4.69, 9.17) is 9.26 Å². The van der Waals surface area contributed by atoms with Crippen molar-refractivity contribution in [3.63, 3.8) is 0 Å². The first-order chi connectivity index (χ1) is 16.2. The summed E-state index contributed by atoms with van der Waals surface area (Å²) in [5, 5.41) is 26.1. The van der Waals surface area contributed by atoms with Crippen LogP contribution in [-0.2, 0) is 9.59 Å². The summed E-state index contributed by atoms with van der Waals surface area (Å²) in [6, 6.07) is 12.3. The highest BCUT2D eigenvalue weighted by atomic mass is 16.6. The molecule has 1 aromatic heterocycles. The van der Waals surface area contributed by atoms with Crippen LogP contribution in [-0.4, -0.2) is 33.0 Å². The lowest BCUT2D eigenvalue weighted by Crippen LogP contribution is -2.29. The van der Waals surface area contributed by atoms with Crippen LogP contribution < -0.4 is 9.64 Å². The van der Waals surface area contributed by atoms with E-state index >= 15 is 0 Å². The SMILES string of the molecule is Cc1cc(N2C(=O)C(=O)C(=C(O)c3ccc(OC(C)C)cc3)[C@H]2c2ccc([N+](=O)[O-])cc2)no1. The molecule has 174 valence electrons. The van der Waals surface area contributed by atoms with E-state index in [0.717, 1.165) is 4.90 Å². The third-order valence-electron chi connectivity index (χ3n) is 5.23. The zero-order chi connectivity index (χ0) is 24.6. The number of amides is 1. The highest BCUT2D eigenvalue weighted by Crippen LogP contribution is 2.42. The quantitative estimate of drug-likeness (QED) is 0.188. The molecule has 0 unspecified atom stereocenters. The zero-order valence-corrected chi connectivity index (χ0v) is 18.6. The second kappa shape index (κ2) is 8.81. The summed E-state index contributed by atoms with van der Waals surface area (Å²) in [5.41, 5.74) is 0.361. The zero-order valence-electron chi connectivity index (χ0n) is 18.6. The van der Waals surface area contributed by atoms with Crippen molar-refractivity contribution in [2.45, 2.75) is 32.9 Å². The molecule has 2 heterocycles. The highest BCUT2D eigenvalue weighted by molar-refractivity contribution is 6.51. The van der Waals surface area contributed by atoms with Crippen LogP contribution in [0.2, 0.25) is 0 Å². The molecule has 1 atom stereocenters. The van der Waals surface area contributed by atoms with Gasteiger partial charge in [-0.2, -0.15) is 0 Å². The Morgan fingerprint density at radius 3 is 2.32 bits per heavy atom. The van der Waals surface area contributed by atoms with Crippen molar-refractivity contribution < 1.29 is 28.9 Å². The van der Waals surface area contributed by atoms with E-state index < -0.39 is 22.7 Å². The molecular formula is C24H21N3O7. The summed E-state index contributed by atoms with van der Waals surface area (Å²) < 4.78 is 10.7. The monoisotopic (exact) mass is 463 g/mol. The second-order valence-corrected chi connectivity index (χ2v) is 8.00. The van der Waals surface area contributed by atoms with Crippen LogP contribution in [0.1, 0.15) is 36.8 Å². The lowest BCUT2D eigenvalue weighted by molar-refractivity contribution is -0.384. The number of Topliss-reactive ketones (excluding diaryl/α,β-unsaturated/α-hetero) is 1. The van der Waals surface area contributed by atoms with Gasteiger partial charge in [-0.1, -0.05) is 5.16 Å². The number of nitro benzene ring substituents is 1. The number of carbonyl (C=O) groups excluding carboxylic acids is 2. The molecule has 1 N–H and O–H groups in total. The van der Waals surface area contributed by atoms with Gasteiger partial charge in [0, 0.05) is 23.8 Å². The van der Waals surface area contributed by atoms with Crippen molar-refractivity contribution in [1.82, 2.24) is 5.16 Å². The Labute approximate surface area is 194 Å². The van der Waals surface area contributed by atoms with E-state index in [2.05, 4.69) is 5.16 Å². The number of non-ortho nitro benzene ring substituents is 1. The summed E-state index contributed by atoms with van der Waals surface area (Å²) in [6.45, 7) is 5.39. The number of nitro groups is 1. The van der Waals surface area contributed by atoms with E-state index in [1.807, 2.05) is 13.8 Å². The molecule has 34 heavy (non-hydrogen) atoms. The summed E-state index contributed by atoms with van der Waals surface area (Å²) in [5.74, 6) is -1.12. The van der Waals surface area contributed by atoms with Crippen LogP contribution in [0.3, 0.4) is 0 Å². The smallest absolute Gasteiger partial charge is 0.301 e. The maximum Gasteiger partial charge on any atom is 0.301 e. The number of nitrogens with zero attached hydrogens (tertiary/aromatic N) is 3. The summed E-state index contributed by atoms with van der Waals surface area (Å²) in [4.78, 5) is 37.7. The Hall–Kier alpha value is -4.47. The van der Waals surface area contributed by atoms with Crippen molar-refractivity contribution in [1.29, 1.82) is 0 Å². The van der Waals surface area contributed by atoms with Gasteiger partial charge in [0.25, 0.3) is 11.5 Å². The minimum Gasteiger partial charge on any atom is -0.507 e. The minimum atomic E-state index is -1.07. The molecule has 10 heteroatoms. The lowest BCUT2D eigenvalue weighted by Gasteiger charge is -2.22. The number of aromatic nitrogens is 1. The van der Waals surface area contributed by atoms with Crippen molar-refractivity contribution in [3.8, 4) is 5.75 Å². The second-order valence-electron chi connectivity index (χ2n) is 8.00. The van der Waals surface area contributed by atoms with Gasteiger partial charge in [0.15, 0.2) is 5.82 Å². The van der Waals surface area contributed by atoms with E-state index in [1.165, 1.54) is 30.3 Å².